The number of nitrogens with one attached hydrogen (secondary N) is 1. The average molecular weight is 406 g/mol. The monoisotopic (exact) mass is 406 g/mol. The molecule has 3 aromatic carbocycles. The maximum atomic E-state index is 13.8. The fourth-order valence-electron chi connectivity index (χ4n) is 2.55. The number of nitrogens with two attached hydrogens (primary N) is 1. The second-order valence-electron chi connectivity index (χ2n) is 5.72. The second kappa shape index (κ2) is 7.10. The van der Waals surface area contributed by atoms with Gasteiger partial charge < -0.3 is 0 Å². The van der Waals surface area contributed by atoms with E-state index >= 15 is 0 Å². The highest BCUT2D eigenvalue weighted by Crippen LogP contribution is 2.24. The molecule has 3 N–H and O–H groups in total. The molecule has 6 nitrogen and oxygen atoms in total. The number of primary sulfonamides is 1. The Balaban J connectivity index is 1.91. The van der Waals surface area contributed by atoms with Crippen LogP contribution < -0.4 is 9.86 Å². The summed E-state index contributed by atoms with van der Waals surface area (Å²) in [6.45, 7) is 0. The molecule has 0 unspecified atom stereocenters. The van der Waals surface area contributed by atoms with Crippen LogP contribution in [0.3, 0.4) is 0 Å². The Morgan fingerprint density at radius 2 is 1.59 bits per heavy atom. The summed E-state index contributed by atoms with van der Waals surface area (Å²) in [5.41, 5.74) is 0.172. The number of hydrogen-bond donors (Lipinski definition) is 2. The van der Waals surface area contributed by atoms with E-state index in [1.165, 1.54) is 12.1 Å². The zero-order valence-electron chi connectivity index (χ0n) is 13.8. The lowest BCUT2D eigenvalue weighted by atomic mass is 10.1. The maximum Gasteiger partial charge on any atom is 0.255 e. The summed E-state index contributed by atoms with van der Waals surface area (Å²) in [6, 6.07) is 16.2. The zero-order chi connectivity index (χ0) is 19.7. The number of anilines is 1. The quantitative estimate of drug-likeness (QED) is 0.679. The molecule has 140 valence electrons. The first-order valence-electron chi connectivity index (χ1n) is 7.67. The van der Waals surface area contributed by atoms with Gasteiger partial charge in [-0.3, -0.25) is 4.72 Å². The Morgan fingerprint density at radius 1 is 0.889 bits per heavy atom. The Kier molecular flexibility index (Phi) is 5.01. The maximum absolute atomic E-state index is 13.8. The van der Waals surface area contributed by atoms with Crippen molar-refractivity contribution in [2.45, 2.75) is 4.90 Å². The third kappa shape index (κ3) is 4.51. The molecule has 3 aromatic rings. The minimum Gasteiger partial charge on any atom is -0.279 e. The Bertz CT molecular complexity index is 1250. The summed E-state index contributed by atoms with van der Waals surface area (Å²) < 4.78 is 63.5. The number of hydrogen-bond acceptors (Lipinski definition) is 4. The van der Waals surface area contributed by atoms with E-state index in [0.717, 1.165) is 28.3 Å². The van der Waals surface area contributed by atoms with Crippen LogP contribution in [0.15, 0.2) is 71.0 Å². The van der Waals surface area contributed by atoms with Crippen LogP contribution in [0.1, 0.15) is 5.56 Å². The van der Waals surface area contributed by atoms with Crippen molar-refractivity contribution < 1.29 is 21.2 Å². The fourth-order valence-corrected chi connectivity index (χ4v) is 4.26. The number of fused-ring (bicyclic) bond motifs is 1. The van der Waals surface area contributed by atoms with Gasteiger partial charge in [0.2, 0.25) is 10.0 Å². The normalized spacial score (nSPS) is 12.5. The van der Waals surface area contributed by atoms with Gasteiger partial charge in [-0.1, -0.05) is 42.5 Å². The van der Waals surface area contributed by atoms with Crippen LogP contribution >= 0.6 is 0 Å². The molecule has 0 aromatic heterocycles. The van der Waals surface area contributed by atoms with Crippen LogP contribution in [0.25, 0.3) is 16.8 Å². The van der Waals surface area contributed by atoms with Crippen molar-refractivity contribution in [3.63, 3.8) is 0 Å². The summed E-state index contributed by atoms with van der Waals surface area (Å²) in [6.07, 6.45) is 1.35. The number of sulfonamides is 2. The largest absolute Gasteiger partial charge is 0.279 e. The first-order chi connectivity index (χ1) is 12.7. The van der Waals surface area contributed by atoms with Gasteiger partial charge in [-0.25, -0.2) is 26.4 Å². The van der Waals surface area contributed by atoms with Crippen molar-refractivity contribution in [1.82, 2.24) is 0 Å². The minimum absolute atomic E-state index is 0.458. The summed E-state index contributed by atoms with van der Waals surface area (Å²) in [4.78, 5) is -0.910. The molecule has 0 saturated heterocycles. The predicted molar refractivity (Wildman–Crippen MR) is 103 cm³/mol. The van der Waals surface area contributed by atoms with Crippen LogP contribution in [0.5, 0.6) is 0 Å². The van der Waals surface area contributed by atoms with Gasteiger partial charge in [0, 0.05) is 0 Å². The van der Waals surface area contributed by atoms with Crippen LogP contribution in [0.2, 0.25) is 0 Å². The first-order valence-corrected chi connectivity index (χ1v) is 10.8. The molecule has 0 saturated carbocycles. The van der Waals surface area contributed by atoms with Crippen LogP contribution in [0, 0.1) is 5.82 Å². The van der Waals surface area contributed by atoms with Crippen molar-refractivity contribution in [2.24, 2.45) is 5.14 Å². The molecule has 9 heteroatoms. The summed E-state index contributed by atoms with van der Waals surface area (Å²) in [7, 11) is -8.56. The van der Waals surface area contributed by atoms with E-state index in [1.807, 2.05) is 35.1 Å². The summed E-state index contributed by atoms with van der Waals surface area (Å²) >= 11 is 0. The summed E-state index contributed by atoms with van der Waals surface area (Å²) in [5, 5.41) is 7.79. The van der Waals surface area contributed by atoms with Gasteiger partial charge in [0.05, 0.1) is 11.1 Å². The van der Waals surface area contributed by atoms with Crippen molar-refractivity contribution in [3.8, 4) is 0 Å². The molecule has 0 aliphatic heterocycles. The lowest BCUT2D eigenvalue weighted by Gasteiger charge is -2.10. The Morgan fingerprint density at radius 3 is 2.30 bits per heavy atom. The Labute approximate surface area is 156 Å². The highest BCUT2D eigenvalue weighted by molar-refractivity contribution is 7.95. The number of rotatable bonds is 5. The smallest absolute Gasteiger partial charge is 0.255 e. The van der Waals surface area contributed by atoms with E-state index in [9.17, 15) is 21.2 Å². The molecule has 0 amide bonds. The predicted octanol–water partition coefficient (Wildman–Crippen LogP) is 3.04. The molecule has 27 heavy (non-hydrogen) atoms. The number of halogens is 1. The molecule has 0 heterocycles. The van der Waals surface area contributed by atoms with E-state index in [4.69, 9.17) is 5.14 Å². The standard InChI is InChI=1S/C18H15FN2O4S2/c19-16-6-3-7-17(18(16)27(20,24)25)21-26(22,23)11-10-13-8-9-14-4-1-2-5-15(14)12-13/h1-12,21H,(H2,20,24,25). The third-order valence-corrected chi connectivity index (χ3v) is 5.70. The highest BCUT2D eigenvalue weighted by atomic mass is 32.2. The van der Waals surface area contributed by atoms with E-state index in [2.05, 4.69) is 0 Å². The highest BCUT2D eigenvalue weighted by Gasteiger charge is 2.21. The van der Waals surface area contributed by atoms with Crippen LogP contribution in [-0.2, 0) is 20.0 Å². The molecule has 0 aliphatic carbocycles. The van der Waals surface area contributed by atoms with Crippen LogP contribution in [0.4, 0.5) is 10.1 Å². The van der Waals surface area contributed by atoms with Gasteiger partial charge in [0.15, 0.2) is 0 Å². The van der Waals surface area contributed by atoms with Gasteiger partial charge >= 0.3 is 0 Å². The second-order valence-corrected chi connectivity index (χ2v) is 8.78. The Hall–Kier alpha value is -2.75. The van der Waals surface area contributed by atoms with Crippen molar-refractivity contribution >= 4 is 42.6 Å². The van der Waals surface area contributed by atoms with Crippen molar-refractivity contribution in [3.05, 3.63) is 77.5 Å². The molecule has 0 atom stereocenters. The lowest BCUT2D eigenvalue weighted by Crippen LogP contribution is -2.19. The van der Waals surface area contributed by atoms with Gasteiger partial charge in [0.1, 0.15) is 10.7 Å². The van der Waals surface area contributed by atoms with E-state index < -0.39 is 36.4 Å². The zero-order valence-corrected chi connectivity index (χ0v) is 15.5. The van der Waals surface area contributed by atoms with Gasteiger partial charge in [-0.15, -0.1) is 0 Å². The van der Waals surface area contributed by atoms with E-state index in [0.29, 0.717) is 5.56 Å². The van der Waals surface area contributed by atoms with E-state index in [1.54, 1.807) is 12.1 Å². The molecule has 0 bridgehead atoms. The first kappa shape index (κ1) is 19.0. The molecule has 0 radical (unpaired) electrons. The molecule has 0 spiro atoms. The molecule has 3 rings (SSSR count). The van der Waals surface area contributed by atoms with Gasteiger partial charge in [0.25, 0.3) is 10.0 Å². The van der Waals surface area contributed by atoms with Crippen LogP contribution in [-0.4, -0.2) is 16.8 Å². The molecule has 0 fully saturated rings. The lowest BCUT2D eigenvalue weighted by molar-refractivity contribution is 0.569. The third-order valence-electron chi connectivity index (χ3n) is 3.72. The van der Waals surface area contributed by atoms with Gasteiger partial charge in [-0.05, 0) is 40.6 Å². The number of benzene rings is 3. The van der Waals surface area contributed by atoms with E-state index in [-0.39, 0.29) is 0 Å². The SMILES string of the molecule is NS(=O)(=O)c1c(F)cccc1NS(=O)(=O)C=Cc1ccc2ccccc2c1. The van der Waals surface area contributed by atoms with Gasteiger partial charge in [-0.2, -0.15) is 0 Å². The van der Waals surface area contributed by atoms with Crippen molar-refractivity contribution in [1.29, 1.82) is 0 Å². The average Bonchev–Trinajstić information content (AvgIpc) is 2.58. The molecular formula is C18H15FN2O4S2. The minimum atomic E-state index is -4.45. The molecular weight excluding hydrogens is 391 g/mol. The summed E-state index contributed by atoms with van der Waals surface area (Å²) in [5.74, 6) is -1.14. The molecule has 0 aliphatic rings. The fraction of sp³-hybridized carbons (Fsp3) is 0. The topological polar surface area (TPSA) is 106 Å². The van der Waals surface area contributed by atoms with Crippen molar-refractivity contribution in [2.75, 3.05) is 4.72 Å².